The number of hydrogen-bond acceptors (Lipinski definition) is 6. The lowest BCUT2D eigenvalue weighted by Crippen LogP contribution is -2.11. The van der Waals surface area contributed by atoms with Crippen molar-refractivity contribution in [1.29, 1.82) is 0 Å². The normalized spacial score (nSPS) is 11.0. The molecule has 0 spiro atoms. The zero-order chi connectivity index (χ0) is 20.8. The number of rotatable bonds is 14. The van der Waals surface area contributed by atoms with E-state index in [2.05, 4.69) is 6.92 Å². The first-order valence-corrected chi connectivity index (χ1v) is 10.1. The molecule has 28 heavy (non-hydrogen) atoms. The zero-order valence-corrected chi connectivity index (χ0v) is 17.3. The fraction of sp³-hybridized carbons (Fsp3) is 0.591. The summed E-state index contributed by atoms with van der Waals surface area (Å²) in [6.07, 6.45) is 8.95. The summed E-state index contributed by atoms with van der Waals surface area (Å²) in [6, 6.07) is 1.37. The second kappa shape index (κ2) is 13.7. The maximum atomic E-state index is 12.2. The molecule has 0 amide bonds. The third kappa shape index (κ3) is 9.53. The molecule has 0 aliphatic rings. The van der Waals surface area contributed by atoms with Gasteiger partial charge in [-0.25, -0.2) is 0 Å². The van der Waals surface area contributed by atoms with E-state index in [1.165, 1.54) is 18.2 Å². The van der Waals surface area contributed by atoms with Gasteiger partial charge in [0.05, 0.1) is 13.2 Å². The van der Waals surface area contributed by atoms with Crippen LogP contribution in [-0.4, -0.2) is 25.0 Å². The third-order valence-electron chi connectivity index (χ3n) is 4.08. The molecule has 0 bridgehead atoms. The Morgan fingerprint density at radius 3 is 2.54 bits per heavy atom. The molecule has 1 rings (SSSR count). The lowest BCUT2D eigenvalue weighted by atomic mass is 10.1. The number of ether oxygens (including phenoxy) is 2. The monoisotopic (exact) mass is 392 g/mol. The number of esters is 1. The van der Waals surface area contributed by atoms with Gasteiger partial charge in [0.1, 0.15) is 5.76 Å². The molecule has 6 heteroatoms. The summed E-state index contributed by atoms with van der Waals surface area (Å²) in [7, 11) is 0. The molecule has 0 N–H and O–H groups in total. The summed E-state index contributed by atoms with van der Waals surface area (Å²) in [5.74, 6) is 0.653. The Bertz CT molecular complexity index is 701. The van der Waals surface area contributed by atoms with Crippen molar-refractivity contribution in [2.45, 2.75) is 72.1 Å². The van der Waals surface area contributed by atoms with Crippen LogP contribution >= 0.6 is 0 Å². The van der Waals surface area contributed by atoms with Crippen LogP contribution in [0, 0.1) is 6.92 Å². The van der Waals surface area contributed by atoms with Crippen LogP contribution in [0.2, 0.25) is 0 Å². The highest BCUT2D eigenvalue weighted by Gasteiger charge is 2.11. The van der Waals surface area contributed by atoms with E-state index in [9.17, 15) is 14.4 Å². The summed E-state index contributed by atoms with van der Waals surface area (Å²) in [6.45, 7) is 6.28. The van der Waals surface area contributed by atoms with Gasteiger partial charge in [-0.05, 0) is 51.7 Å². The Morgan fingerprint density at radius 2 is 1.82 bits per heavy atom. The Morgan fingerprint density at radius 1 is 1.07 bits per heavy atom. The summed E-state index contributed by atoms with van der Waals surface area (Å²) in [5, 5.41) is 0. The lowest BCUT2D eigenvalue weighted by molar-refractivity contribution is -0.143. The quantitative estimate of drug-likeness (QED) is 0.261. The first-order chi connectivity index (χ1) is 13.5. The van der Waals surface area contributed by atoms with Crippen LogP contribution in [0.1, 0.15) is 76.7 Å². The average Bonchev–Trinajstić information content (AvgIpc) is 2.64. The molecule has 1 aromatic heterocycles. The first kappa shape index (κ1) is 23.7. The van der Waals surface area contributed by atoms with Gasteiger partial charge in [-0.3, -0.25) is 14.4 Å². The van der Waals surface area contributed by atoms with Crippen molar-refractivity contribution in [3.8, 4) is 5.75 Å². The second-order valence-corrected chi connectivity index (χ2v) is 6.64. The number of unbranched alkanes of at least 4 members (excludes halogenated alkanes) is 4. The van der Waals surface area contributed by atoms with Crippen LogP contribution in [-0.2, 0) is 14.3 Å². The van der Waals surface area contributed by atoms with Gasteiger partial charge >= 0.3 is 5.97 Å². The topological polar surface area (TPSA) is 82.8 Å². The number of ketones is 1. The highest BCUT2D eigenvalue weighted by Crippen LogP contribution is 2.18. The van der Waals surface area contributed by atoms with Gasteiger partial charge in [-0.15, -0.1) is 0 Å². The van der Waals surface area contributed by atoms with Crippen LogP contribution in [0.5, 0.6) is 5.75 Å². The number of carbonyl (C=O) groups excluding carboxylic acids is 2. The fourth-order valence-electron chi connectivity index (χ4n) is 2.63. The van der Waals surface area contributed by atoms with E-state index < -0.39 is 0 Å². The second-order valence-electron chi connectivity index (χ2n) is 6.64. The number of hydrogen-bond donors (Lipinski definition) is 0. The highest BCUT2D eigenvalue weighted by atomic mass is 16.5. The Balaban J connectivity index is 2.57. The van der Waals surface area contributed by atoms with E-state index in [0.717, 1.165) is 25.7 Å². The van der Waals surface area contributed by atoms with Crippen LogP contribution in [0.25, 0.3) is 6.08 Å². The predicted molar refractivity (Wildman–Crippen MR) is 108 cm³/mol. The molecule has 0 aromatic carbocycles. The van der Waals surface area contributed by atoms with E-state index in [1.807, 2.05) is 0 Å². The minimum atomic E-state index is -0.270. The van der Waals surface area contributed by atoms with Gasteiger partial charge in [0.2, 0.25) is 11.2 Å². The summed E-state index contributed by atoms with van der Waals surface area (Å²) < 4.78 is 16.1. The van der Waals surface area contributed by atoms with Gasteiger partial charge in [0.25, 0.3) is 0 Å². The van der Waals surface area contributed by atoms with Gasteiger partial charge in [-0.1, -0.05) is 19.8 Å². The molecular formula is C22H32O6. The van der Waals surface area contributed by atoms with Crippen LogP contribution < -0.4 is 10.2 Å². The van der Waals surface area contributed by atoms with Gasteiger partial charge in [0.15, 0.2) is 11.5 Å². The molecule has 1 aromatic rings. The Kier molecular flexibility index (Phi) is 11.6. The summed E-state index contributed by atoms with van der Waals surface area (Å²) >= 11 is 0. The molecule has 1 heterocycles. The van der Waals surface area contributed by atoms with E-state index in [1.54, 1.807) is 13.8 Å². The van der Waals surface area contributed by atoms with E-state index in [0.29, 0.717) is 44.7 Å². The standard InChI is InChI=1S/C22H32O6/c1-4-6-8-11-18(23)13-14-20-22(19(24)16-17(3)28-20)27-15-10-7-9-12-21(25)26-5-2/h13-14,16H,4-12,15H2,1-3H3/b14-13+. The van der Waals surface area contributed by atoms with Crippen molar-refractivity contribution in [2.75, 3.05) is 13.2 Å². The molecule has 156 valence electrons. The fourth-order valence-corrected chi connectivity index (χ4v) is 2.63. The molecular weight excluding hydrogens is 360 g/mol. The lowest BCUT2D eigenvalue weighted by Gasteiger charge is -2.08. The molecule has 0 saturated carbocycles. The molecule has 0 unspecified atom stereocenters. The molecule has 0 saturated heterocycles. The minimum absolute atomic E-state index is 0.00233. The number of allylic oxidation sites excluding steroid dienone is 1. The van der Waals surface area contributed by atoms with Crippen molar-refractivity contribution in [3.05, 3.63) is 33.9 Å². The van der Waals surface area contributed by atoms with Crippen molar-refractivity contribution in [1.82, 2.24) is 0 Å². The average molecular weight is 392 g/mol. The molecule has 0 atom stereocenters. The molecule has 0 aliphatic heterocycles. The third-order valence-corrected chi connectivity index (χ3v) is 4.08. The zero-order valence-electron chi connectivity index (χ0n) is 17.3. The van der Waals surface area contributed by atoms with Crippen LogP contribution in [0.15, 0.2) is 21.4 Å². The van der Waals surface area contributed by atoms with Crippen LogP contribution in [0.3, 0.4) is 0 Å². The van der Waals surface area contributed by atoms with Crippen molar-refractivity contribution >= 4 is 17.8 Å². The molecule has 0 fully saturated rings. The highest BCUT2D eigenvalue weighted by molar-refractivity contribution is 5.93. The Hall–Kier alpha value is -2.37. The van der Waals surface area contributed by atoms with Gasteiger partial charge in [0, 0.05) is 18.9 Å². The van der Waals surface area contributed by atoms with E-state index >= 15 is 0 Å². The summed E-state index contributed by atoms with van der Waals surface area (Å²) in [5.41, 5.74) is -0.270. The summed E-state index contributed by atoms with van der Waals surface area (Å²) in [4.78, 5) is 35.4. The van der Waals surface area contributed by atoms with Gasteiger partial charge in [-0.2, -0.15) is 0 Å². The van der Waals surface area contributed by atoms with Crippen molar-refractivity contribution < 1.29 is 23.5 Å². The predicted octanol–water partition coefficient (Wildman–Crippen LogP) is 4.61. The molecule has 6 nitrogen and oxygen atoms in total. The molecule has 0 aliphatic carbocycles. The SMILES string of the molecule is CCCCCC(=O)/C=C/c1oc(C)cc(=O)c1OCCCCCC(=O)OCC. The number of aryl methyl sites for hydroxylation is 1. The van der Waals surface area contributed by atoms with Crippen molar-refractivity contribution in [3.63, 3.8) is 0 Å². The first-order valence-electron chi connectivity index (χ1n) is 10.1. The largest absolute Gasteiger partial charge is 0.486 e. The van der Waals surface area contributed by atoms with E-state index in [-0.39, 0.29) is 28.7 Å². The number of carbonyl (C=O) groups is 2. The Labute approximate surface area is 166 Å². The van der Waals surface area contributed by atoms with Gasteiger partial charge < -0.3 is 13.9 Å². The van der Waals surface area contributed by atoms with Crippen molar-refractivity contribution in [2.24, 2.45) is 0 Å². The maximum Gasteiger partial charge on any atom is 0.305 e. The molecule has 0 radical (unpaired) electrons. The van der Waals surface area contributed by atoms with Crippen LogP contribution in [0.4, 0.5) is 0 Å². The van der Waals surface area contributed by atoms with E-state index in [4.69, 9.17) is 13.9 Å². The smallest absolute Gasteiger partial charge is 0.305 e. The minimum Gasteiger partial charge on any atom is -0.486 e. The maximum absolute atomic E-state index is 12.2.